The van der Waals surface area contributed by atoms with Crippen LogP contribution in [-0.2, 0) is 0 Å². The highest BCUT2D eigenvalue weighted by Gasteiger charge is 2.09. The van der Waals surface area contributed by atoms with E-state index in [9.17, 15) is 13.6 Å². The lowest BCUT2D eigenvalue weighted by Gasteiger charge is -1.98. The number of hydrogen-bond acceptors (Lipinski definition) is 2. The Kier molecular flexibility index (Phi) is 1.92. The van der Waals surface area contributed by atoms with Gasteiger partial charge < -0.3 is 4.52 Å². The second-order valence-electron chi connectivity index (χ2n) is 2.71. The lowest BCUT2D eigenvalue weighted by Crippen LogP contribution is -1.88. The summed E-state index contributed by atoms with van der Waals surface area (Å²) in [5, 5.41) is 2.20. The number of benzene rings is 1. The molecule has 2 rings (SSSR count). The van der Waals surface area contributed by atoms with E-state index in [-0.39, 0.29) is 11.3 Å². The molecule has 0 radical (unpaired) electrons. The smallest absolute Gasteiger partial charge is 0.339 e. The Morgan fingerprint density at radius 1 is 1.21 bits per heavy atom. The number of aromatic nitrogens is 1. The van der Waals surface area contributed by atoms with Crippen molar-refractivity contribution in [2.75, 3.05) is 0 Å². The van der Waals surface area contributed by atoms with Gasteiger partial charge in [-0.15, -0.1) is 0 Å². The highest BCUT2D eigenvalue weighted by molar-refractivity contribution is 5.58. The van der Waals surface area contributed by atoms with Crippen LogP contribution < -0.4 is 5.63 Å². The number of rotatable bonds is 1. The molecule has 1 aromatic carbocycles. The van der Waals surface area contributed by atoms with E-state index >= 15 is 0 Å². The van der Waals surface area contributed by atoms with E-state index in [1.807, 2.05) is 0 Å². The molecule has 0 atom stereocenters. The zero-order valence-electron chi connectivity index (χ0n) is 6.88. The van der Waals surface area contributed by atoms with Gasteiger partial charge in [0.1, 0.15) is 11.6 Å². The Bertz CT molecular complexity index is 516. The van der Waals surface area contributed by atoms with Gasteiger partial charge in [-0.3, -0.25) is 0 Å². The molecule has 1 heterocycles. The Balaban J connectivity index is 2.61. The van der Waals surface area contributed by atoms with E-state index < -0.39 is 17.3 Å². The molecule has 2 aromatic rings. The molecule has 5 heteroatoms. The van der Waals surface area contributed by atoms with Crippen molar-refractivity contribution < 1.29 is 13.3 Å². The van der Waals surface area contributed by atoms with Gasteiger partial charge in [-0.05, 0) is 18.2 Å². The molecule has 14 heavy (non-hydrogen) atoms. The maximum atomic E-state index is 13.1. The lowest BCUT2D eigenvalue weighted by atomic mass is 10.1. The van der Waals surface area contributed by atoms with Gasteiger partial charge in [0, 0.05) is 5.56 Å². The van der Waals surface area contributed by atoms with Gasteiger partial charge in [0.05, 0.1) is 11.8 Å². The normalized spacial score (nSPS) is 10.4. The first-order chi connectivity index (χ1) is 6.66. The number of H-pyrrole nitrogens is 1. The summed E-state index contributed by atoms with van der Waals surface area (Å²) in [5.74, 6) is -1.20. The van der Waals surface area contributed by atoms with Crippen LogP contribution in [0.3, 0.4) is 0 Å². The van der Waals surface area contributed by atoms with Gasteiger partial charge in [-0.1, -0.05) is 0 Å². The van der Waals surface area contributed by atoms with E-state index in [1.54, 1.807) is 0 Å². The Morgan fingerprint density at radius 3 is 2.64 bits per heavy atom. The summed E-state index contributed by atoms with van der Waals surface area (Å²) in [6, 6.07) is 4.01. The summed E-state index contributed by atoms with van der Waals surface area (Å²) in [7, 11) is 0. The van der Waals surface area contributed by atoms with Crippen molar-refractivity contribution in [3.63, 3.8) is 0 Å². The molecule has 0 aliphatic carbocycles. The molecule has 3 nitrogen and oxygen atoms in total. The van der Waals surface area contributed by atoms with E-state index in [1.165, 1.54) is 0 Å². The molecule has 0 amide bonds. The molecule has 0 saturated heterocycles. The summed E-state index contributed by atoms with van der Waals surface area (Å²) < 4.78 is 30.2. The maximum Gasteiger partial charge on any atom is 0.357 e. The fourth-order valence-electron chi connectivity index (χ4n) is 1.12. The van der Waals surface area contributed by atoms with Crippen LogP contribution in [0, 0.1) is 11.6 Å². The SMILES string of the molecule is O=c1cc(-c2cc(F)ccc2F)[nH]o1. The van der Waals surface area contributed by atoms with Crippen molar-refractivity contribution in [1.29, 1.82) is 0 Å². The third-order valence-corrected chi connectivity index (χ3v) is 1.74. The largest absolute Gasteiger partial charge is 0.357 e. The van der Waals surface area contributed by atoms with E-state index in [0.29, 0.717) is 0 Å². The zero-order valence-corrected chi connectivity index (χ0v) is 6.88. The monoisotopic (exact) mass is 197 g/mol. The lowest BCUT2D eigenvalue weighted by molar-refractivity contribution is 0.393. The quantitative estimate of drug-likeness (QED) is 0.758. The number of nitrogens with one attached hydrogen (secondary N) is 1. The van der Waals surface area contributed by atoms with Crippen LogP contribution in [0.2, 0.25) is 0 Å². The first-order valence-corrected chi connectivity index (χ1v) is 3.81. The van der Waals surface area contributed by atoms with Crippen molar-refractivity contribution in [2.24, 2.45) is 0 Å². The van der Waals surface area contributed by atoms with E-state index in [4.69, 9.17) is 0 Å². The highest BCUT2D eigenvalue weighted by atomic mass is 19.1. The molecule has 0 aliphatic heterocycles. The number of aromatic amines is 1. The maximum absolute atomic E-state index is 13.1. The van der Waals surface area contributed by atoms with Gasteiger partial charge >= 0.3 is 5.63 Å². The molecule has 0 fully saturated rings. The molecule has 72 valence electrons. The Labute approximate surface area is 76.9 Å². The van der Waals surface area contributed by atoms with Crippen LogP contribution in [0.4, 0.5) is 8.78 Å². The third-order valence-electron chi connectivity index (χ3n) is 1.74. The first kappa shape index (κ1) is 8.68. The fourth-order valence-corrected chi connectivity index (χ4v) is 1.12. The number of halogens is 2. The van der Waals surface area contributed by atoms with Crippen molar-refractivity contribution in [3.8, 4) is 11.3 Å². The molecule has 0 saturated carbocycles. The predicted molar refractivity (Wildman–Crippen MR) is 44.7 cm³/mol. The molecule has 0 spiro atoms. The second-order valence-corrected chi connectivity index (χ2v) is 2.71. The van der Waals surface area contributed by atoms with Gasteiger partial charge in [0.15, 0.2) is 0 Å². The third kappa shape index (κ3) is 1.44. The molecule has 0 unspecified atom stereocenters. The average Bonchev–Trinajstić information content (AvgIpc) is 2.56. The van der Waals surface area contributed by atoms with Crippen molar-refractivity contribution in [1.82, 2.24) is 5.16 Å². The molecule has 0 aliphatic rings. The minimum absolute atomic E-state index is 0.0316. The first-order valence-electron chi connectivity index (χ1n) is 3.81. The van der Waals surface area contributed by atoms with Crippen LogP contribution in [0.15, 0.2) is 33.6 Å². The van der Waals surface area contributed by atoms with Gasteiger partial charge in [0.25, 0.3) is 0 Å². The standard InChI is InChI=1S/C9H5F2NO2/c10-5-1-2-7(11)6(3-5)8-4-9(13)14-12-8/h1-4,12H. The molecular formula is C9H5F2NO2. The number of hydrogen-bond donors (Lipinski definition) is 1. The molecule has 1 aromatic heterocycles. The van der Waals surface area contributed by atoms with Crippen LogP contribution >= 0.6 is 0 Å². The van der Waals surface area contributed by atoms with Gasteiger partial charge in [-0.2, -0.15) is 0 Å². The summed E-state index contributed by atoms with van der Waals surface area (Å²) >= 11 is 0. The zero-order chi connectivity index (χ0) is 10.1. The van der Waals surface area contributed by atoms with E-state index in [0.717, 1.165) is 24.3 Å². The Morgan fingerprint density at radius 2 is 2.00 bits per heavy atom. The summed E-state index contributed by atoms with van der Waals surface area (Å²) in [4.78, 5) is 10.6. The van der Waals surface area contributed by atoms with Crippen LogP contribution in [-0.4, -0.2) is 5.16 Å². The molecular weight excluding hydrogens is 192 g/mol. The average molecular weight is 197 g/mol. The van der Waals surface area contributed by atoms with Crippen molar-refractivity contribution in [2.45, 2.75) is 0 Å². The van der Waals surface area contributed by atoms with Crippen LogP contribution in [0.5, 0.6) is 0 Å². The fraction of sp³-hybridized carbons (Fsp3) is 0. The van der Waals surface area contributed by atoms with Crippen LogP contribution in [0.1, 0.15) is 0 Å². The molecule has 0 bridgehead atoms. The van der Waals surface area contributed by atoms with Crippen LogP contribution in [0.25, 0.3) is 11.3 Å². The van der Waals surface area contributed by atoms with Gasteiger partial charge in [-0.25, -0.2) is 18.7 Å². The highest BCUT2D eigenvalue weighted by Crippen LogP contribution is 2.20. The predicted octanol–water partition coefficient (Wildman–Crippen LogP) is 1.91. The minimum atomic E-state index is -0.635. The summed E-state index contributed by atoms with van der Waals surface area (Å²) in [6.07, 6.45) is 0. The summed E-state index contributed by atoms with van der Waals surface area (Å²) in [6.45, 7) is 0. The van der Waals surface area contributed by atoms with Crippen molar-refractivity contribution in [3.05, 3.63) is 46.3 Å². The topological polar surface area (TPSA) is 46.0 Å². The Hall–Kier alpha value is -1.91. The van der Waals surface area contributed by atoms with Gasteiger partial charge in [0.2, 0.25) is 0 Å². The van der Waals surface area contributed by atoms with E-state index in [2.05, 4.69) is 9.68 Å². The second kappa shape index (κ2) is 3.10. The minimum Gasteiger partial charge on any atom is -0.339 e. The molecule has 1 N–H and O–H groups in total. The summed E-state index contributed by atoms with van der Waals surface area (Å²) in [5.41, 5.74) is -0.550. The van der Waals surface area contributed by atoms with Crippen molar-refractivity contribution >= 4 is 0 Å².